The molecule has 0 aromatic heterocycles. The average Bonchev–Trinajstić information content (AvgIpc) is 2.52. The smallest absolute Gasteiger partial charge is 0.337 e. The van der Waals surface area contributed by atoms with Crippen LogP contribution in [0.4, 0.5) is 0 Å². The minimum atomic E-state index is -0.334. The standard InChI is InChI=1S/C16H24N2O3/c1-4-18(5-2)15(19)10-11-17-12-13-6-8-14(9-7-13)16(20)21-3/h6-9,17H,4-5,10-12H2,1-3H3. The van der Waals surface area contributed by atoms with Crippen LogP contribution in [0.15, 0.2) is 24.3 Å². The van der Waals surface area contributed by atoms with Crippen molar-refractivity contribution in [2.45, 2.75) is 26.8 Å². The number of rotatable bonds is 8. The van der Waals surface area contributed by atoms with E-state index >= 15 is 0 Å². The minimum absolute atomic E-state index is 0.175. The summed E-state index contributed by atoms with van der Waals surface area (Å²) in [4.78, 5) is 24.9. The molecule has 1 N–H and O–H groups in total. The van der Waals surface area contributed by atoms with Crippen LogP contribution in [0.5, 0.6) is 0 Å². The summed E-state index contributed by atoms with van der Waals surface area (Å²) in [5, 5.41) is 3.23. The monoisotopic (exact) mass is 292 g/mol. The Morgan fingerprint density at radius 2 is 1.76 bits per heavy atom. The lowest BCUT2D eigenvalue weighted by Crippen LogP contribution is -2.32. The molecule has 0 fully saturated rings. The normalized spacial score (nSPS) is 10.2. The van der Waals surface area contributed by atoms with E-state index in [1.807, 2.05) is 30.9 Å². The van der Waals surface area contributed by atoms with E-state index in [1.54, 1.807) is 12.1 Å². The molecule has 21 heavy (non-hydrogen) atoms. The van der Waals surface area contributed by atoms with E-state index in [2.05, 4.69) is 10.1 Å². The van der Waals surface area contributed by atoms with E-state index in [0.717, 1.165) is 18.7 Å². The Morgan fingerprint density at radius 1 is 1.14 bits per heavy atom. The predicted molar refractivity (Wildman–Crippen MR) is 82.0 cm³/mol. The van der Waals surface area contributed by atoms with Crippen LogP contribution < -0.4 is 5.32 Å². The van der Waals surface area contributed by atoms with Gasteiger partial charge in [-0.2, -0.15) is 0 Å². The van der Waals surface area contributed by atoms with Crippen molar-refractivity contribution in [2.75, 3.05) is 26.7 Å². The van der Waals surface area contributed by atoms with E-state index < -0.39 is 0 Å². The zero-order chi connectivity index (χ0) is 15.7. The number of nitrogens with zero attached hydrogens (tertiary/aromatic N) is 1. The van der Waals surface area contributed by atoms with Crippen LogP contribution in [0.2, 0.25) is 0 Å². The quantitative estimate of drug-likeness (QED) is 0.586. The molecule has 1 amide bonds. The molecule has 0 saturated carbocycles. The van der Waals surface area contributed by atoms with Gasteiger partial charge in [-0.05, 0) is 31.5 Å². The molecule has 1 aromatic carbocycles. The largest absolute Gasteiger partial charge is 0.465 e. The van der Waals surface area contributed by atoms with Crippen molar-refractivity contribution in [3.05, 3.63) is 35.4 Å². The third kappa shape index (κ3) is 5.55. The molecule has 1 aromatic rings. The van der Waals surface area contributed by atoms with Gasteiger partial charge >= 0.3 is 5.97 Å². The van der Waals surface area contributed by atoms with E-state index in [4.69, 9.17) is 0 Å². The zero-order valence-electron chi connectivity index (χ0n) is 13.0. The lowest BCUT2D eigenvalue weighted by Gasteiger charge is -2.18. The van der Waals surface area contributed by atoms with Gasteiger partial charge in [0.1, 0.15) is 0 Å². The highest BCUT2D eigenvalue weighted by Gasteiger charge is 2.08. The number of hydrogen-bond donors (Lipinski definition) is 1. The fourth-order valence-electron chi connectivity index (χ4n) is 2.04. The first-order valence-electron chi connectivity index (χ1n) is 7.28. The van der Waals surface area contributed by atoms with Gasteiger partial charge in [0, 0.05) is 32.6 Å². The Morgan fingerprint density at radius 3 is 2.29 bits per heavy atom. The van der Waals surface area contributed by atoms with Gasteiger partial charge < -0.3 is 15.0 Å². The van der Waals surface area contributed by atoms with Crippen LogP contribution >= 0.6 is 0 Å². The van der Waals surface area contributed by atoms with E-state index in [1.165, 1.54) is 7.11 Å². The van der Waals surface area contributed by atoms with Gasteiger partial charge in [0.15, 0.2) is 0 Å². The van der Waals surface area contributed by atoms with E-state index in [9.17, 15) is 9.59 Å². The lowest BCUT2D eigenvalue weighted by atomic mass is 10.1. The van der Waals surface area contributed by atoms with Crippen molar-refractivity contribution in [3.63, 3.8) is 0 Å². The number of esters is 1. The maximum atomic E-state index is 11.8. The first-order chi connectivity index (χ1) is 10.1. The van der Waals surface area contributed by atoms with Gasteiger partial charge in [-0.15, -0.1) is 0 Å². The average molecular weight is 292 g/mol. The summed E-state index contributed by atoms with van der Waals surface area (Å²) in [5.41, 5.74) is 1.61. The molecular weight excluding hydrogens is 268 g/mol. The molecule has 0 saturated heterocycles. The summed E-state index contributed by atoms with van der Waals surface area (Å²) >= 11 is 0. The third-order valence-electron chi connectivity index (χ3n) is 3.34. The molecule has 0 unspecified atom stereocenters. The molecule has 0 aliphatic rings. The number of carbonyl (C=O) groups is 2. The number of methoxy groups -OCH3 is 1. The van der Waals surface area contributed by atoms with Gasteiger partial charge in [-0.3, -0.25) is 4.79 Å². The first kappa shape index (κ1) is 17.2. The number of nitrogens with one attached hydrogen (secondary N) is 1. The summed E-state index contributed by atoms with van der Waals surface area (Å²) in [6.45, 7) is 6.80. The van der Waals surface area contributed by atoms with Crippen LogP contribution in [0.3, 0.4) is 0 Å². The molecule has 0 radical (unpaired) electrons. The number of carbonyl (C=O) groups excluding carboxylic acids is 2. The van der Waals surface area contributed by atoms with Gasteiger partial charge in [0.05, 0.1) is 12.7 Å². The number of benzene rings is 1. The highest BCUT2D eigenvalue weighted by molar-refractivity contribution is 5.89. The van der Waals surface area contributed by atoms with Gasteiger partial charge in [0.2, 0.25) is 5.91 Å². The fourth-order valence-corrected chi connectivity index (χ4v) is 2.04. The first-order valence-corrected chi connectivity index (χ1v) is 7.28. The molecule has 0 bridgehead atoms. The highest BCUT2D eigenvalue weighted by atomic mass is 16.5. The molecule has 116 valence electrons. The minimum Gasteiger partial charge on any atom is -0.465 e. The zero-order valence-corrected chi connectivity index (χ0v) is 13.0. The van der Waals surface area contributed by atoms with Crippen molar-refractivity contribution >= 4 is 11.9 Å². The summed E-state index contributed by atoms with van der Waals surface area (Å²) in [7, 11) is 1.37. The second-order valence-corrected chi connectivity index (χ2v) is 4.68. The molecule has 5 heteroatoms. The number of hydrogen-bond acceptors (Lipinski definition) is 4. The maximum absolute atomic E-state index is 11.8. The molecule has 5 nitrogen and oxygen atoms in total. The van der Waals surface area contributed by atoms with Crippen LogP contribution in [0, 0.1) is 0 Å². The van der Waals surface area contributed by atoms with E-state index in [-0.39, 0.29) is 11.9 Å². The number of ether oxygens (including phenoxy) is 1. The molecule has 0 spiro atoms. The Bertz CT molecular complexity index is 453. The topological polar surface area (TPSA) is 58.6 Å². The number of amides is 1. The molecule has 0 atom stereocenters. The van der Waals surface area contributed by atoms with Crippen molar-refractivity contribution in [2.24, 2.45) is 0 Å². The Balaban J connectivity index is 2.33. The van der Waals surface area contributed by atoms with Crippen molar-refractivity contribution in [3.8, 4) is 0 Å². The Hall–Kier alpha value is -1.88. The third-order valence-corrected chi connectivity index (χ3v) is 3.34. The van der Waals surface area contributed by atoms with E-state index in [0.29, 0.717) is 25.1 Å². The van der Waals surface area contributed by atoms with Crippen molar-refractivity contribution in [1.29, 1.82) is 0 Å². The van der Waals surface area contributed by atoms with Gasteiger partial charge in [-0.25, -0.2) is 4.79 Å². The summed E-state index contributed by atoms with van der Waals surface area (Å²) in [5.74, 6) is -0.159. The van der Waals surface area contributed by atoms with Crippen LogP contribution in [0.1, 0.15) is 36.2 Å². The second kappa shape index (κ2) is 9.13. The highest BCUT2D eigenvalue weighted by Crippen LogP contribution is 2.05. The van der Waals surface area contributed by atoms with Crippen LogP contribution in [0.25, 0.3) is 0 Å². The summed E-state index contributed by atoms with van der Waals surface area (Å²) in [6.07, 6.45) is 0.502. The Labute approximate surface area is 126 Å². The van der Waals surface area contributed by atoms with Crippen molar-refractivity contribution in [1.82, 2.24) is 10.2 Å². The summed E-state index contributed by atoms with van der Waals surface area (Å²) in [6, 6.07) is 7.24. The second-order valence-electron chi connectivity index (χ2n) is 4.68. The lowest BCUT2D eigenvalue weighted by molar-refractivity contribution is -0.130. The van der Waals surface area contributed by atoms with Crippen LogP contribution in [-0.2, 0) is 16.1 Å². The Kier molecular flexibility index (Phi) is 7.46. The molecule has 0 aliphatic carbocycles. The predicted octanol–water partition coefficient (Wildman–Crippen LogP) is 1.82. The molecule has 0 aliphatic heterocycles. The fraction of sp³-hybridized carbons (Fsp3) is 0.500. The summed E-state index contributed by atoms with van der Waals surface area (Å²) < 4.78 is 4.65. The molecule has 0 heterocycles. The molecule has 1 rings (SSSR count). The SMILES string of the molecule is CCN(CC)C(=O)CCNCc1ccc(C(=O)OC)cc1. The van der Waals surface area contributed by atoms with Crippen LogP contribution in [-0.4, -0.2) is 43.5 Å². The maximum Gasteiger partial charge on any atom is 0.337 e. The van der Waals surface area contributed by atoms with Crippen molar-refractivity contribution < 1.29 is 14.3 Å². The molecular formula is C16H24N2O3. The van der Waals surface area contributed by atoms with Gasteiger partial charge in [0.25, 0.3) is 0 Å². The van der Waals surface area contributed by atoms with Gasteiger partial charge in [-0.1, -0.05) is 12.1 Å².